The van der Waals surface area contributed by atoms with E-state index in [0.717, 1.165) is 63.9 Å². The zero-order valence-electron chi connectivity index (χ0n) is 17.4. The number of aldehydes is 2. The topological polar surface area (TPSA) is 34.1 Å². The predicted molar refractivity (Wildman–Crippen MR) is 113 cm³/mol. The van der Waals surface area contributed by atoms with Crippen molar-refractivity contribution in [3.05, 3.63) is 46.6 Å². The second-order valence-electron chi connectivity index (χ2n) is 7.27. The van der Waals surface area contributed by atoms with Gasteiger partial charge in [-0.3, -0.25) is 0 Å². The molecular weight excluding hydrogens is 320 g/mol. The van der Waals surface area contributed by atoms with Crippen molar-refractivity contribution < 1.29 is 9.59 Å². The lowest BCUT2D eigenvalue weighted by Gasteiger charge is -2.02. The van der Waals surface area contributed by atoms with Gasteiger partial charge in [0.25, 0.3) is 0 Å². The van der Waals surface area contributed by atoms with E-state index in [4.69, 9.17) is 0 Å². The molecule has 0 aliphatic rings. The van der Waals surface area contributed by atoms with E-state index in [1.54, 1.807) is 0 Å². The Bertz CT molecular complexity index is 470. The molecule has 2 heteroatoms. The largest absolute Gasteiger partial charge is 0.303 e. The van der Waals surface area contributed by atoms with Crippen LogP contribution in [0.15, 0.2) is 46.6 Å². The standard InChI is InChI=1S/C24H38O2/c1-21(13-7-15-23(3)17-9-19-25)11-5-6-12-22(2)14-8-16-24(4)18-10-20-26/h11-12,15-16,19-20H,5-10,13-14,17-18H2,1-4H3/b21-11+,22-12+,23-15+,24-16+. The van der Waals surface area contributed by atoms with Gasteiger partial charge in [-0.15, -0.1) is 0 Å². The summed E-state index contributed by atoms with van der Waals surface area (Å²) < 4.78 is 0. The minimum absolute atomic E-state index is 0.636. The molecule has 0 saturated heterocycles. The molecule has 0 amide bonds. The molecule has 0 spiro atoms. The van der Waals surface area contributed by atoms with E-state index in [9.17, 15) is 9.59 Å². The zero-order valence-corrected chi connectivity index (χ0v) is 17.4. The highest BCUT2D eigenvalue weighted by atomic mass is 16.1. The minimum Gasteiger partial charge on any atom is -0.303 e. The average Bonchev–Trinajstić information content (AvgIpc) is 2.61. The molecule has 0 aromatic heterocycles. The summed E-state index contributed by atoms with van der Waals surface area (Å²) in [6, 6.07) is 0. The van der Waals surface area contributed by atoms with Crippen LogP contribution in [0.3, 0.4) is 0 Å². The van der Waals surface area contributed by atoms with Crippen molar-refractivity contribution in [3.63, 3.8) is 0 Å². The molecule has 0 heterocycles. The monoisotopic (exact) mass is 358 g/mol. The van der Waals surface area contributed by atoms with Gasteiger partial charge in [-0.2, -0.15) is 0 Å². The van der Waals surface area contributed by atoms with Gasteiger partial charge in [-0.1, -0.05) is 46.6 Å². The van der Waals surface area contributed by atoms with Gasteiger partial charge < -0.3 is 9.59 Å². The number of hydrogen-bond acceptors (Lipinski definition) is 2. The van der Waals surface area contributed by atoms with Crippen LogP contribution in [-0.4, -0.2) is 12.6 Å². The second kappa shape index (κ2) is 16.8. The molecule has 0 N–H and O–H groups in total. The van der Waals surface area contributed by atoms with E-state index >= 15 is 0 Å². The van der Waals surface area contributed by atoms with Crippen molar-refractivity contribution in [1.29, 1.82) is 0 Å². The Morgan fingerprint density at radius 3 is 1.04 bits per heavy atom. The molecule has 146 valence electrons. The van der Waals surface area contributed by atoms with Gasteiger partial charge in [0.15, 0.2) is 0 Å². The lowest BCUT2D eigenvalue weighted by atomic mass is 10.0. The molecule has 0 aliphatic heterocycles. The van der Waals surface area contributed by atoms with Crippen LogP contribution in [0, 0.1) is 0 Å². The third-order valence-corrected chi connectivity index (χ3v) is 4.53. The summed E-state index contributed by atoms with van der Waals surface area (Å²) in [4.78, 5) is 20.7. The van der Waals surface area contributed by atoms with Gasteiger partial charge in [0.1, 0.15) is 12.6 Å². The van der Waals surface area contributed by atoms with Gasteiger partial charge in [0.05, 0.1) is 0 Å². The normalized spacial score (nSPS) is 13.8. The van der Waals surface area contributed by atoms with Gasteiger partial charge in [0.2, 0.25) is 0 Å². The van der Waals surface area contributed by atoms with E-state index in [1.807, 2.05) is 0 Å². The molecule has 0 atom stereocenters. The van der Waals surface area contributed by atoms with Crippen molar-refractivity contribution in [1.82, 2.24) is 0 Å². The molecule has 0 aliphatic carbocycles. The Morgan fingerprint density at radius 1 is 0.462 bits per heavy atom. The second-order valence-corrected chi connectivity index (χ2v) is 7.27. The predicted octanol–water partition coefficient (Wildman–Crippen LogP) is 7.07. The summed E-state index contributed by atoms with van der Waals surface area (Å²) in [6.07, 6.45) is 20.8. The fourth-order valence-electron chi connectivity index (χ4n) is 2.73. The van der Waals surface area contributed by atoms with Gasteiger partial charge in [-0.25, -0.2) is 0 Å². The summed E-state index contributed by atoms with van der Waals surface area (Å²) >= 11 is 0. The summed E-state index contributed by atoms with van der Waals surface area (Å²) in [7, 11) is 0. The van der Waals surface area contributed by atoms with Crippen molar-refractivity contribution in [2.45, 2.75) is 91.9 Å². The number of carbonyl (C=O) groups excluding carboxylic acids is 2. The molecule has 0 aromatic rings. The number of carbonyl (C=O) groups is 2. The van der Waals surface area contributed by atoms with Gasteiger partial charge in [0, 0.05) is 12.8 Å². The van der Waals surface area contributed by atoms with Crippen LogP contribution in [-0.2, 0) is 9.59 Å². The summed E-state index contributed by atoms with van der Waals surface area (Å²) in [6.45, 7) is 8.63. The minimum atomic E-state index is 0.636. The average molecular weight is 359 g/mol. The highest BCUT2D eigenvalue weighted by molar-refractivity contribution is 5.50. The SMILES string of the molecule is C/C(=C\CC/C(C)=C/CC/C=C(\C)CC/C=C(\C)CCC=O)CCC=O. The van der Waals surface area contributed by atoms with Gasteiger partial charge in [-0.05, 0) is 79.1 Å². The van der Waals surface area contributed by atoms with Crippen LogP contribution >= 0.6 is 0 Å². The first-order valence-electron chi connectivity index (χ1n) is 9.99. The Morgan fingerprint density at radius 2 is 0.731 bits per heavy atom. The van der Waals surface area contributed by atoms with E-state index in [2.05, 4.69) is 52.0 Å². The summed E-state index contributed by atoms with van der Waals surface area (Å²) in [5.74, 6) is 0. The molecule has 0 fully saturated rings. The Kier molecular flexibility index (Phi) is 15.7. The van der Waals surface area contributed by atoms with Crippen molar-refractivity contribution >= 4 is 12.6 Å². The van der Waals surface area contributed by atoms with E-state index < -0.39 is 0 Å². The maximum absolute atomic E-state index is 10.4. The number of allylic oxidation sites excluding steroid dienone is 8. The van der Waals surface area contributed by atoms with E-state index in [0.29, 0.717) is 12.8 Å². The van der Waals surface area contributed by atoms with E-state index in [-0.39, 0.29) is 0 Å². The molecule has 0 aromatic carbocycles. The van der Waals surface area contributed by atoms with Crippen LogP contribution < -0.4 is 0 Å². The number of unbranched alkanes of at least 4 members (excludes halogenated alkanes) is 1. The van der Waals surface area contributed by atoms with Gasteiger partial charge >= 0.3 is 0 Å². The molecule has 0 saturated carbocycles. The lowest BCUT2D eigenvalue weighted by Crippen LogP contribution is -1.83. The molecule has 0 radical (unpaired) electrons. The molecule has 0 bridgehead atoms. The summed E-state index contributed by atoms with van der Waals surface area (Å²) in [5.41, 5.74) is 5.53. The van der Waals surface area contributed by atoms with Crippen LogP contribution in [0.2, 0.25) is 0 Å². The van der Waals surface area contributed by atoms with Crippen LogP contribution in [0.1, 0.15) is 91.9 Å². The van der Waals surface area contributed by atoms with Crippen LogP contribution in [0.5, 0.6) is 0 Å². The Balaban J connectivity index is 3.98. The molecular formula is C24H38O2. The molecule has 0 rings (SSSR count). The van der Waals surface area contributed by atoms with Crippen LogP contribution in [0.25, 0.3) is 0 Å². The maximum atomic E-state index is 10.4. The third kappa shape index (κ3) is 15.8. The molecule has 0 unspecified atom stereocenters. The van der Waals surface area contributed by atoms with Crippen molar-refractivity contribution in [3.8, 4) is 0 Å². The molecule has 2 nitrogen and oxygen atoms in total. The zero-order chi connectivity index (χ0) is 19.6. The maximum Gasteiger partial charge on any atom is 0.120 e. The highest BCUT2D eigenvalue weighted by Gasteiger charge is 1.94. The van der Waals surface area contributed by atoms with E-state index in [1.165, 1.54) is 22.3 Å². The molecule has 26 heavy (non-hydrogen) atoms. The highest BCUT2D eigenvalue weighted by Crippen LogP contribution is 2.13. The smallest absolute Gasteiger partial charge is 0.120 e. The quantitative estimate of drug-likeness (QED) is 0.178. The van der Waals surface area contributed by atoms with Crippen LogP contribution in [0.4, 0.5) is 0 Å². The first-order chi connectivity index (χ1) is 12.5. The first-order valence-corrected chi connectivity index (χ1v) is 9.99. The Labute approximate surface area is 161 Å². The van der Waals surface area contributed by atoms with Crippen molar-refractivity contribution in [2.24, 2.45) is 0 Å². The lowest BCUT2D eigenvalue weighted by molar-refractivity contribution is -0.108. The number of rotatable bonds is 15. The number of hydrogen-bond donors (Lipinski definition) is 0. The fraction of sp³-hybridized carbons (Fsp3) is 0.583. The fourth-order valence-corrected chi connectivity index (χ4v) is 2.73. The third-order valence-electron chi connectivity index (χ3n) is 4.53. The van der Waals surface area contributed by atoms with Crippen molar-refractivity contribution in [2.75, 3.05) is 0 Å². The first kappa shape index (κ1) is 24.3. The summed E-state index contributed by atoms with van der Waals surface area (Å²) in [5, 5.41) is 0. The Hall–Kier alpha value is -1.70.